The van der Waals surface area contributed by atoms with Gasteiger partial charge in [-0.1, -0.05) is 24.3 Å². The fourth-order valence-corrected chi connectivity index (χ4v) is 2.48. The van der Waals surface area contributed by atoms with Gasteiger partial charge in [-0.15, -0.1) is 0 Å². The van der Waals surface area contributed by atoms with E-state index in [1.54, 1.807) is 6.07 Å². The summed E-state index contributed by atoms with van der Waals surface area (Å²) < 4.78 is 14.0. The molecule has 20 heavy (non-hydrogen) atoms. The summed E-state index contributed by atoms with van der Waals surface area (Å²) in [7, 11) is 1.93. The van der Waals surface area contributed by atoms with E-state index in [1.165, 1.54) is 11.6 Å². The normalized spacial score (nSPS) is 10.6. The molecular weight excluding hydrogens is 251 g/mol. The summed E-state index contributed by atoms with van der Waals surface area (Å²) in [6.07, 6.45) is 0. The Bertz CT molecular complexity index is 581. The van der Waals surface area contributed by atoms with Gasteiger partial charge in [-0.25, -0.2) is 4.39 Å². The van der Waals surface area contributed by atoms with E-state index in [9.17, 15) is 4.39 Å². The highest BCUT2D eigenvalue weighted by atomic mass is 19.1. The molecule has 2 aromatic carbocycles. The van der Waals surface area contributed by atoms with Gasteiger partial charge in [0.15, 0.2) is 0 Å². The zero-order valence-electron chi connectivity index (χ0n) is 12.3. The maximum Gasteiger partial charge on any atom is 0.146 e. The maximum absolute atomic E-state index is 14.0. The molecule has 0 saturated heterocycles. The summed E-state index contributed by atoms with van der Waals surface area (Å²) in [5.41, 5.74) is 4.07. The standard InChI is InChI=1S/C17H21FN2/c1-4-20(17-8-6-5-7-15(17)18)16-10-9-14(12-19-3)11-13(16)2/h5-11,19H,4,12H2,1-3H3. The van der Waals surface area contributed by atoms with E-state index in [-0.39, 0.29) is 5.82 Å². The summed E-state index contributed by atoms with van der Waals surface area (Å²) >= 11 is 0. The monoisotopic (exact) mass is 272 g/mol. The van der Waals surface area contributed by atoms with Gasteiger partial charge in [-0.2, -0.15) is 0 Å². The summed E-state index contributed by atoms with van der Waals surface area (Å²) in [5, 5.41) is 3.14. The lowest BCUT2D eigenvalue weighted by Gasteiger charge is -2.26. The molecule has 0 aliphatic rings. The molecule has 0 spiro atoms. The van der Waals surface area contributed by atoms with Crippen LogP contribution in [0.25, 0.3) is 0 Å². The number of halogens is 1. The Labute approximate surface area is 120 Å². The van der Waals surface area contributed by atoms with E-state index in [0.717, 1.165) is 24.3 Å². The van der Waals surface area contributed by atoms with Crippen molar-refractivity contribution in [3.63, 3.8) is 0 Å². The average molecular weight is 272 g/mol. The first-order valence-electron chi connectivity index (χ1n) is 6.93. The van der Waals surface area contributed by atoms with E-state index in [0.29, 0.717) is 5.69 Å². The molecule has 0 amide bonds. The molecular formula is C17H21FN2. The number of aryl methyl sites for hydroxylation is 1. The molecule has 1 N–H and O–H groups in total. The van der Waals surface area contributed by atoms with Gasteiger partial charge in [0, 0.05) is 18.8 Å². The van der Waals surface area contributed by atoms with Crippen LogP contribution in [0.2, 0.25) is 0 Å². The molecule has 0 radical (unpaired) electrons. The van der Waals surface area contributed by atoms with Gasteiger partial charge < -0.3 is 10.2 Å². The van der Waals surface area contributed by atoms with Crippen LogP contribution >= 0.6 is 0 Å². The van der Waals surface area contributed by atoms with Gasteiger partial charge in [-0.05, 0) is 50.2 Å². The van der Waals surface area contributed by atoms with Gasteiger partial charge in [0.1, 0.15) is 5.82 Å². The van der Waals surface area contributed by atoms with Crippen LogP contribution < -0.4 is 10.2 Å². The number of nitrogens with one attached hydrogen (secondary N) is 1. The second-order valence-electron chi connectivity index (χ2n) is 4.85. The lowest BCUT2D eigenvalue weighted by atomic mass is 10.1. The largest absolute Gasteiger partial charge is 0.339 e. The highest BCUT2D eigenvalue weighted by Crippen LogP contribution is 2.30. The molecule has 3 heteroatoms. The molecule has 2 rings (SSSR count). The van der Waals surface area contributed by atoms with Crippen LogP contribution in [0.15, 0.2) is 42.5 Å². The zero-order chi connectivity index (χ0) is 14.5. The first kappa shape index (κ1) is 14.5. The minimum absolute atomic E-state index is 0.187. The molecule has 0 heterocycles. The van der Waals surface area contributed by atoms with E-state index >= 15 is 0 Å². The van der Waals surface area contributed by atoms with Crippen molar-refractivity contribution in [3.8, 4) is 0 Å². The molecule has 0 aromatic heterocycles. The minimum atomic E-state index is -0.187. The van der Waals surface area contributed by atoms with Crippen molar-refractivity contribution in [2.24, 2.45) is 0 Å². The maximum atomic E-state index is 14.0. The SMILES string of the molecule is CCN(c1ccc(CNC)cc1C)c1ccccc1F. The molecule has 0 saturated carbocycles. The van der Waals surface area contributed by atoms with Crippen LogP contribution in [0.5, 0.6) is 0 Å². The quantitative estimate of drug-likeness (QED) is 0.884. The Morgan fingerprint density at radius 2 is 1.85 bits per heavy atom. The number of anilines is 2. The van der Waals surface area contributed by atoms with Crippen LogP contribution in [0, 0.1) is 12.7 Å². The highest BCUT2D eigenvalue weighted by Gasteiger charge is 2.13. The number of para-hydroxylation sites is 1. The number of hydrogen-bond acceptors (Lipinski definition) is 2. The molecule has 0 bridgehead atoms. The third kappa shape index (κ3) is 2.99. The van der Waals surface area contributed by atoms with Crippen molar-refractivity contribution in [2.45, 2.75) is 20.4 Å². The van der Waals surface area contributed by atoms with Crippen LogP contribution in [0.1, 0.15) is 18.1 Å². The number of rotatable bonds is 5. The first-order chi connectivity index (χ1) is 9.67. The zero-order valence-corrected chi connectivity index (χ0v) is 12.3. The minimum Gasteiger partial charge on any atom is -0.339 e. The van der Waals surface area contributed by atoms with Crippen LogP contribution in [-0.4, -0.2) is 13.6 Å². The average Bonchev–Trinajstić information content (AvgIpc) is 2.44. The van der Waals surface area contributed by atoms with Crippen LogP contribution in [0.4, 0.5) is 15.8 Å². The van der Waals surface area contributed by atoms with Gasteiger partial charge in [0.2, 0.25) is 0 Å². The van der Waals surface area contributed by atoms with E-state index < -0.39 is 0 Å². The van der Waals surface area contributed by atoms with Crippen LogP contribution in [-0.2, 0) is 6.54 Å². The molecule has 2 aromatic rings. The highest BCUT2D eigenvalue weighted by molar-refractivity contribution is 5.67. The molecule has 0 fully saturated rings. The fourth-order valence-electron chi connectivity index (χ4n) is 2.48. The lowest BCUT2D eigenvalue weighted by molar-refractivity contribution is 0.625. The summed E-state index contributed by atoms with van der Waals surface area (Å²) in [6.45, 7) is 5.67. The van der Waals surface area contributed by atoms with Gasteiger partial charge >= 0.3 is 0 Å². The van der Waals surface area contributed by atoms with E-state index in [2.05, 4.69) is 30.4 Å². The Morgan fingerprint density at radius 1 is 1.10 bits per heavy atom. The number of benzene rings is 2. The number of nitrogens with zero attached hydrogens (tertiary/aromatic N) is 1. The summed E-state index contributed by atoms with van der Waals surface area (Å²) in [6, 6.07) is 13.2. The Morgan fingerprint density at radius 3 is 2.45 bits per heavy atom. The third-order valence-corrected chi connectivity index (χ3v) is 3.39. The van der Waals surface area contributed by atoms with Crippen molar-refractivity contribution in [1.82, 2.24) is 5.32 Å². The predicted octanol–water partition coefficient (Wildman–Crippen LogP) is 4.01. The molecule has 0 atom stereocenters. The van der Waals surface area contributed by atoms with Gasteiger partial charge in [0.05, 0.1) is 5.69 Å². The Balaban J connectivity index is 2.40. The fraction of sp³-hybridized carbons (Fsp3) is 0.294. The summed E-state index contributed by atoms with van der Waals surface area (Å²) in [5.74, 6) is -0.187. The summed E-state index contributed by atoms with van der Waals surface area (Å²) in [4.78, 5) is 2.01. The Kier molecular flexibility index (Phi) is 4.74. The molecule has 106 valence electrons. The van der Waals surface area contributed by atoms with Gasteiger partial charge in [-0.3, -0.25) is 0 Å². The van der Waals surface area contributed by atoms with Crippen LogP contribution in [0.3, 0.4) is 0 Å². The molecule has 0 aliphatic heterocycles. The third-order valence-electron chi connectivity index (χ3n) is 3.39. The van der Waals surface area contributed by atoms with Crippen molar-refractivity contribution in [3.05, 3.63) is 59.4 Å². The Hall–Kier alpha value is -1.87. The predicted molar refractivity (Wildman–Crippen MR) is 83.0 cm³/mol. The van der Waals surface area contributed by atoms with E-state index in [4.69, 9.17) is 0 Å². The van der Waals surface area contributed by atoms with Gasteiger partial charge in [0.25, 0.3) is 0 Å². The molecule has 2 nitrogen and oxygen atoms in total. The smallest absolute Gasteiger partial charge is 0.146 e. The van der Waals surface area contributed by atoms with Crippen molar-refractivity contribution >= 4 is 11.4 Å². The number of hydrogen-bond donors (Lipinski definition) is 1. The lowest BCUT2D eigenvalue weighted by Crippen LogP contribution is -2.18. The molecule has 0 aliphatic carbocycles. The second-order valence-corrected chi connectivity index (χ2v) is 4.85. The topological polar surface area (TPSA) is 15.3 Å². The first-order valence-corrected chi connectivity index (χ1v) is 6.93. The van der Waals surface area contributed by atoms with Crippen molar-refractivity contribution in [1.29, 1.82) is 0 Å². The van der Waals surface area contributed by atoms with Crippen molar-refractivity contribution < 1.29 is 4.39 Å². The second kappa shape index (κ2) is 6.53. The molecule has 0 unspecified atom stereocenters. The van der Waals surface area contributed by atoms with Crippen molar-refractivity contribution in [2.75, 3.05) is 18.5 Å². The van der Waals surface area contributed by atoms with E-state index in [1.807, 2.05) is 31.0 Å².